The first kappa shape index (κ1) is 22.8. The number of benzene rings is 1. The number of hydrogen-bond donors (Lipinski definition) is 1. The highest BCUT2D eigenvalue weighted by Gasteiger charge is 2.73. The van der Waals surface area contributed by atoms with Crippen LogP contribution in [0.25, 0.3) is 0 Å². The summed E-state index contributed by atoms with van der Waals surface area (Å²) in [4.78, 5) is 26.2. The van der Waals surface area contributed by atoms with Crippen LogP contribution in [0.1, 0.15) is 54.7 Å². The summed E-state index contributed by atoms with van der Waals surface area (Å²) in [7, 11) is 0. The van der Waals surface area contributed by atoms with Crippen molar-refractivity contribution in [2.45, 2.75) is 74.5 Å². The molecular weight excluding hydrogens is 445 g/mol. The fourth-order valence-electron chi connectivity index (χ4n) is 5.23. The molecule has 2 aliphatic heterocycles. The van der Waals surface area contributed by atoms with E-state index in [2.05, 4.69) is 5.32 Å². The summed E-state index contributed by atoms with van der Waals surface area (Å²) in [6.45, 7) is 0.375. The van der Waals surface area contributed by atoms with E-state index in [-0.39, 0.29) is 35.8 Å². The minimum atomic E-state index is -6.16. The van der Waals surface area contributed by atoms with Crippen LogP contribution in [0.3, 0.4) is 0 Å². The van der Waals surface area contributed by atoms with Gasteiger partial charge in [-0.05, 0) is 43.2 Å². The van der Waals surface area contributed by atoms with E-state index < -0.39 is 29.6 Å². The topological polar surface area (TPSA) is 49.4 Å². The molecule has 1 N–H and O–H groups in total. The van der Waals surface area contributed by atoms with Crippen LogP contribution in [0, 0.1) is 0 Å². The van der Waals surface area contributed by atoms with Crippen LogP contribution in [0.15, 0.2) is 18.2 Å². The zero-order valence-electron chi connectivity index (χ0n) is 16.8. The van der Waals surface area contributed by atoms with Crippen LogP contribution in [0.2, 0.25) is 0 Å². The summed E-state index contributed by atoms with van der Waals surface area (Å²) in [5, 5.41) is 2.68. The van der Waals surface area contributed by atoms with Gasteiger partial charge in [-0.15, -0.1) is 0 Å². The summed E-state index contributed by atoms with van der Waals surface area (Å²) in [5.41, 5.74) is -6.16. The summed E-state index contributed by atoms with van der Waals surface area (Å²) >= 11 is 0. The molecule has 0 saturated carbocycles. The quantitative estimate of drug-likeness (QED) is 0.662. The van der Waals surface area contributed by atoms with Gasteiger partial charge in [-0.1, -0.05) is 18.2 Å². The monoisotopic (exact) mass is 466 g/mol. The number of piperidine rings is 1. The third-order valence-electron chi connectivity index (χ3n) is 6.79. The Kier molecular flexibility index (Phi) is 5.44. The van der Waals surface area contributed by atoms with Gasteiger partial charge < -0.3 is 10.2 Å². The SMILES string of the molecule is O=C1CCC[C@@H](C(=O)N2CC[C@H]3c4ccc(C(F)(C(F)(F)F)C(F)(F)F)cc4CC[C@H]32)N1. The molecule has 3 aliphatic rings. The Labute approximate surface area is 179 Å². The molecule has 176 valence electrons. The van der Waals surface area contributed by atoms with Crippen LogP contribution in [0.4, 0.5) is 30.7 Å². The van der Waals surface area contributed by atoms with Gasteiger partial charge in [0.05, 0.1) is 0 Å². The van der Waals surface area contributed by atoms with Gasteiger partial charge in [0.15, 0.2) is 0 Å². The van der Waals surface area contributed by atoms with E-state index >= 15 is 0 Å². The molecule has 2 amide bonds. The van der Waals surface area contributed by atoms with Gasteiger partial charge in [-0.3, -0.25) is 9.59 Å². The van der Waals surface area contributed by atoms with Crippen LogP contribution in [-0.2, 0) is 21.7 Å². The number of alkyl halides is 7. The smallest absolute Gasteiger partial charge is 0.344 e. The Morgan fingerprint density at radius 2 is 1.66 bits per heavy atom. The van der Waals surface area contributed by atoms with Crippen molar-refractivity contribution in [2.75, 3.05) is 6.54 Å². The number of aryl methyl sites for hydroxylation is 1. The molecule has 3 atom stereocenters. The molecule has 1 aromatic rings. The molecule has 0 radical (unpaired) electrons. The second kappa shape index (κ2) is 7.62. The second-order valence-electron chi connectivity index (χ2n) is 8.61. The van der Waals surface area contributed by atoms with Crippen molar-refractivity contribution >= 4 is 11.8 Å². The maximum Gasteiger partial charge on any atom is 0.435 e. The number of amides is 2. The Morgan fingerprint density at radius 1 is 0.969 bits per heavy atom. The molecule has 4 rings (SSSR count). The summed E-state index contributed by atoms with van der Waals surface area (Å²) in [6.07, 6.45) is -9.89. The summed E-state index contributed by atoms with van der Waals surface area (Å²) in [6, 6.07) is 1.46. The van der Waals surface area contributed by atoms with Crippen LogP contribution in [-0.4, -0.2) is 47.7 Å². The molecule has 32 heavy (non-hydrogen) atoms. The molecule has 0 spiro atoms. The van der Waals surface area contributed by atoms with Gasteiger partial charge in [-0.2, -0.15) is 26.3 Å². The van der Waals surface area contributed by atoms with Crippen LogP contribution in [0.5, 0.6) is 0 Å². The fourth-order valence-corrected chi connectivity index (χ4v) is 5.23. The molecule has 4 nitrogen and oxygen atoms in total. The van der Waals surface area contributed by atoms with E-state index in [1.165, 1.54) is 0 Å². The normalized spacial score (nSPS) is 26.4. The molecule has 1 aliphatic carbocycles. The lowest BCUT2D eigenvalue weighted by Gasteiger charge is -2.37. The van der Waals surface area contributed by atoms with E-state index in [9.17, 15) is 40.3 Å². The van der Waals surface area contributed by atoms with Crippen molar-refractivity contribution in [1.29, 1.82) is 0 Å². The van der Waals surface area contributed by atoms with Gasteiger partial charge in [0.25, 0.3) is 0 Å². The first-order valence-electron chi connectivity index (χ1n) is 10.4. The van der Waals surface area contributed by atoms with Crippen molar-refractivity contribution in [3.05, 3.63) is 34.9 Å². The van der Waals surface area contributed by atoms with Crippen LogP contribution >= 0.6 is 0 Å². The van der Waals surface area contributed by atoms with Gasteiger partial charge in [0.2, 0.25) is 11.8 Å². The molecule has 2 heterocycles. The van der Waals surface area contributed by atoms with Gasteiger partial charge in [-0.25, -0.2) is 4.39 Å². The third kappa shape index (κ3) is 3.53. The van der Waals surface area contributed by atoms with Crippen molar-refractivity contribution in [2.24, 2.45) is 0 Å². The highest BCUT2D eigenvalue weighted by Crippen LogP contribution is 2.54. The summed E-state index contributed by atoms with van der Waals surface area (Å²) < 4.78 is 93.1. The average Bonchev–Trinajstić information content (AvgIpc) is 3.15. The van der Waals surface area contributed by atoms with Crippen molar-refractivity contribution < 1.29 is 40.3 Å². The maximum atomic E-state index is 14.4. The van der Waals surface area contributed by atoms with Gasteiger partial charge in [0, 0.05) is 30.5 Å². The molecule has 0 aromatic heterocycles. The maximum absolute atomic E-state index is 14.4. The average molecular weight is 466 g/mol. The molecule has 0 unspecified atom stereocenters. The highest BCUT2D eigenvalue weighted by molar-refractivity contribution is 5.89. The molecule has 0 bridgehead atoms. The number of halogens is 7. The van der Waals surface area contributed by atoms with Crippen LogP contribution < -0.4 is 5.32 Å². The highest BCUT2D eigenvalue weighted by atomic mass is 19.4. The van der Waals surface area contributed by atoms with Crippen molar-refractivity contribution in [3.8, 4) is 0 Å². The van der Waals surface area contributed by atoms with Crippen molar-refractivity contribution in [3.63, 3.8) is 0 Å². The lowest BCUT2D eigenvalue weighted by molar-refractivity contribution is -0.348. The Bertz CT molecular complexity index is 914. The molecular formula is C21H21F7N2O2. The molecule has 1 aromatic carbocycles. The van der Waals surface area contributed by atoms with Gasteiger partial charge >= 0.3 is 18.0 Å². The second-order valence-corrected chi connectivity index (χ2v) is 8.61. The zero-order chi connectivity index (χ0) is 23.5. The van der Waals surface area contributed by atoms with E-state index in [0.29, 0.717) is 56.3 Å². The minimum Gasteiger partial charge on any atom is -0.344 e. The predicted octanol–water partition coefficient (Wildman–Crippen LogP) is 4.28. The zero-order valence-corrected chi connectivity index (χ0v) is 16.8. The number of nitrogens with one attached hydrogen (secondary N) is 1. The lowest BCUT2D eigenvalue weighted by Crippen LogP contribution is -2.52. The number of rotatable bonds is 2. The number of likely N-dealkylation sites (tertiary alicyclic amines) is 1. The number of nitrogens with zero attached hydrogens (tertiary/aromatic N) is 1. The largest absolute Gasteiger partial charge is 0.435 e. The van der Waals surface area contributed by atoms with E-state index in [1.54, 1.807) is 4.90 Å². The molecule has 2 fully saturated rings. The van der Waals surface area contributed by atoms with E-state index in [0.717, 1.165) is 6.07 Å². The molecule has 11 heteroatoms. The van der Waals surface area contributed by atoms with Gasteiger partial charge in [0.1, 0.15) is 6.04 Å². The van der Waals surface area contributed by atoms with E-state index in [1.807, 2.05) is 0 Å². The fraction of sp³-hybridized carbons (Fsp3) is 0.619. The Morgan fingerprint density at radius 3 is 2.28 bits per heavy atom. The van der Waals surface area contributed by atoms with Crippen molar-refractivity contribution in [1.82, 2.24) is 10.2 Å². The lowest BCUT2D eigenvalue weighted by atomic mass is 9.77. The first-order valence-corrected chi connectivity index (χ1v) is 10.4. The first-order chi connectivity index (χ1) is 14.8. The standard InChI is InChI=1S/C21H21F7N2O2/c22-19(20(23,24)25,21(26,27)28)12-5-6-13-11(10-12)4-7-16-14(13)8-9-30(16)18(32)15-2-1-3-17(31)29-15/h5-6,10,14-16H,1-4,7-9H2,(H,29,31)/t14-,15-,16+/m0/s1. The third-order valence-corrected chi connectivity index (χ3v) is 6.79. The number of carbonyl (C=O) groups is 2. The number of hydrogen-bond acceptors (Lipinski definition) is 2. The predicted molar refractivity (Wildman–Crippen MR) is 98.3 cm³/mol. The molecule has 2 saturated heterocycles. The summed E-state index contributed by atoms with van der Waals surface area (Å²) in [5.74, 6) is -0.680. The Hall–Kier alpha value is -2.33. The Balaban J connectivity index is 1.60. The minimum absolute atomic E-state index is 0.122. The van der Waals surface area contributed by atoms with E-state index in [4.69, 9.17) is 0 Å². The number of fused-ring (bicyclic) bond motifs is 3. The number of carbonyl (C=O) groups excluding carboxylic acids is 2.